The fourth-order valence-corrected chi connectivity index (χ4v) is 0.986. The van der Waals surface area contributed by atoms with E-state index in [1.165, 1.54) is 0 Å². The number of aromatic nitrogens is 2. The highest BCUT2D eigenvalue weighted by atomic mass is 16.6. The topological polar surface area (TPSA) is 76.2 Å². The van der Waals surface area contributed by atoms with Gasteiger partial charge in [-0.05, 0) is 0 Å². The van der Waals surface area contributed by atoms with Gasteiger partial charge in [0, 0.05) is 32.5 Å². The summed E-state index contributed by atoms with van der Waals surface area (Å²) in [5, 5.41) is 2.60. The summed E-state index contributed by atoms with van der Waals surface area (Å²) in [5.74, 6) is 0.840. The molecular weight excluding hydrogens is 198 g/mol. The van der Waals surface area contributed by atoms with E-state index < -0.39 is 6.09 Å². The van der Waals surface area contributed by atoms with Crippen LogP contribution in [0.15, 0.2) is 12.4 Å². The van der Waals surface area contributed by atoms with Gasteiger partial charge in [0.1, 0.15) is 12.4 Å². The van der Waals surface area contributed by atoms with Gasteiger partial charge in [-0.3, -0.25) is 0 Å². The third kappa shape index (κ3) is 5.02. The zero-order valence-corrected chi connectivity index (χ0v) is 8.66. The zero-order valence-electron chi connectivity index (χ0n) is 8.66. The number of imidazole rings is 1. The van der Waals surface area contributed by atoms with Crippen molar-refractivity contribution in [2.75, 3.05) is 26.9 Å². The molecule has 6 nitrogen and oxygen atoms in total. The third-order valence-corrected chi connectivity index (χ3v) is 1.71. The monoisotopic (exact) mass is 213 g/mol. The van der Waals surface area contributed by atoms with Crippen molar-refractivity contribution in [1.29, 1.82) is 0 Å². The molecule has 0 aliphatic heterocycles. The summed E-state index contributed by atoms with van der Waals surface area (Å²) in [6.45, 7) is 1.17. The maximum Gasteiger partial charge on any atom is 0.407 e. The minimum absolute atomic E-state index is 0.267. The fourth-order valence-electron chi connectivity index (χ4n) is 0.986. The van der Waals surface area contributed by atoms with Crippen molar-refractivity contribution >= 4 is 6.09 Å². The molecule has 0 atom stereocenters. The van der Waals surface area contributed by atoms with Gasteiger partial charge in [-0.1, -0.05) is 0 Å². The Kier molecular flexibility index (Phi) is 5.24. The Morgan fingerprint density at radius 3 is 3.13 bits per heavy atom. The normalized spacial score (nSPS) is 9.93. The van der Waals surface area contributed by atoms with Crippen molar-refractivity contribution in [3.05, 3.63) is 18.2 Å². The third-order valence-electron chi connectivity index (χ3n) is 1.71. The van der Waals surface area contributed by atoms with Crippen molar-refractivity contribution in [3.8, 4) is 0 Å². The van der Waals surface area contributed by atoms with E-state index in [9.17, 15) is 4.79 Å². The average Bonchev–Trinajstić information content (AvgIpc) is 2.71. The number of ether oxygens (including phenoxy) is 2. The van der Waals surface area contributed by atoms with Crippen molar-refractivity contribution in [3.63, 3.8) is 0 Å². The van der Waals surface area contributed by atoms with Crippen LogP contribution in [-0.4, -0.2) is 42.9 Å². The Labute approximate surface area is 88.0 Å². The van der Waals surface area contributed by atoms with E-state index in [2.05, 4.69) is 15.3 Å². The first-order valence-corrected chi connectivity index (χ1v) is 4.70. The minimum atomic E-state index is -0.432. The second kappa shape index (κ2) is 6.83. The molecule has 6 heteroatoms. The predicted octanol–water partition coefficient (Wildman–Crippen LogP) is 0.325. The predicted molar refractivity (Wildman–Crippen MR) is 53.5 cm³/mol. The molecule has 1 amide bonds. The number of carbonyl (C=O) groups is 1. The lowest BCUT2D eigenvalue weighted by atomic mass is 10.4. The molecule has 2 N–H and O–H groups in total. The number of H-pyrrole nitrogens is 1. The number of nitrogens with zero attached hydrogens (tertiary/aromatic N) is 1. The summed E-state index contributed by atoms with van der Waals surface area (Å²) in [6, 6.07) is 0. The number of aromatic amines is 1. The Morgan fingerprint density at radius 1 is 1.60 bits per heavy atom. The zero-order chi connectivity index (χ0) is 10.9. The van der Waals surface area contributed by atoms with Crippen molar-refractivity contribution in [1.82, 2.24) is 15.3 Å². The first-order valence-electron chi connectivity index (χ1n) is 4.70. The highest BCUT2D eigenvalue weighted by Crippen LogP contribution is 1.88. The number of hydrogen-bond acceptors (Lipinski definition) is 4. The molecule has 0 spiro atoms. The van der Waals surface area contributed by atoms with E-state index in [4.69, 9.17) is 9.47 Å². The molecule has 1 aromatic heterocycles. The molecule has 0 unspecified atom stereocenters. The molecule has 15 heavy (non-hydrogen) atoms. The summed E-state index contributed by atoms with van der Waals surface area (Å²) >= 11 is 0. The molecule has 1 heterocycles. The van der Waals surface area contributed by atoms with E-state index in [1.807, 2.05) is 0 Å². The van der Waals surface area contributed by atoms with E-state index in [0.29, 0.717) is 19.6 Å². The molecule has 0 saturated heterocycles. The number of nitrogens with one attached hydrogen (secondary N) is 2. The minimum Gasteiger partial charge on any atom is -0.447 e. The number of alkyl carbamates (subject to hydrolysis) is 1. The van der Waals surface area contributed by atoms with Crippen molar-refractivity contribution in [2.45, 2.75) is 6.42 Å². The highest BCUT2D eigenvalue weighted by molar-refractivity contribution is 5.67. The number of hydrogen-bond donors (Lipinski definition) is 2. The number of amides is 1. The second-order valence-electron chi connectivity index (χ2n) is 2.84. The van der Waals surface area contributed by atoms with E-state index in [1.54, 1.807) is 19.5 Å². The lowest BCUT2D eigenvalue weighted by Gasteiger charge is -2.05. The Morgan fingerprint density at radius 2 is 2.47 bits per heavy atom. The van der Waals surface area contributed by atoms with Crippen LogP contribution in [0.3, 0.4) is 0 Å². The van der Waals surface area contributed by atoms with Crippen LogP contribution in [0.4, 0.5) is 4.79 Å². The van der Waals surface area contributed by atoms with Crippen LogP contribution in [0.25, 0.3) is 0 Å². The molecule has 0 aliphatic carbocycles. The Balaban J connectivity index is 2.02. The van der Waals surface area contributed by atoms with Gasteiger partial charge in [0.2, 0.25) is 0 Å². The van der Waals surface area contributed by atoms with Gasteiger partial charge in [0.05, 0.1) is 6.61 Å². The Hall–Kier alpha value is -1.56. The van der Waals surface area contributed by atoms with Gasteiger partial charge >= 0.3 is 6.09 Å². The van der Waals surface area contributed by atoms with E-state index in [0.717, 1.165) is 5.82 Å². The maximum absolute atomic E-state index is 11.0. The highest BCUT2D eigenvalue weighted by Gasteiger charge is 2.01. The van der Waals surface area contributed by atoms with Gasteiger partial charge < -0.3 is 19.8 Å². The van der Waals surface area contributed by atoms with Gasteiger partial charge in [-0.15, -0.1) is 0 Å². The lowest BCUT2D eigenvalue weighted by molar-refractivity contribution is 0.0986. The van der Waals surface area contributed by atoms with Crippen LogP contribution < -0.4 is 5.32 Å². The van der Waals surface area contributed by atoms with Gasteiger partial charge in [0.15, 0.2) is 0 Å². The van der Waals surface area contributed by atoms with E-state index in [-0.39, 0.29) is 6.61 Å². The molecule has 0 radical (unpaired) electrons. The molecule has 1 aromatic rings. The van der Waals surface area contributed by atoms with Crippen LogP contribution in [0.2, 0.25) is 0 Å². The van der Waals surface area contributed by atoms with Crippen molar-refractivity contribution in [2.24, 2.45) is 0 Å². The summed E-state index contributed by atoms with van der Waals surface area (Å²) < 4.78 is 9.53. The van der Waals surface area contributed by atoms with Crippen molar-refractivity contribution < 1.29 is 14.3 Å². The van der Waals surface area contributed by atoms with Crippen LogP contribution in [0.5, 0.6) is 0 Å². The second-order valence-corrected chi connectivity index (χ2v) is 2.84. The maximum atomic E-state index is 11.0. The molecular formula is C9H15N3O3. The molecule has 84 valence electrons. The molecule has 1 rings (SSSR count). The molecule has 0 bridgehead atoms. The summed E-state index contributed by atoms with van der Waals surface area (Å²) in [5.41, 5.74) is 0. The fraction of sp³-hybridized carbons (Fsp3) is 0.556. The quantitative estimate of drug-likeness (QED) is 0.667. The van der Waals surface area contributed by atoms with Gasteiger partial charge in [0.25, 0.3) is 0 Å². The summed E-state index contributed by atoms with van der Waals surface area (Å²) in [7, 11) is 1.55. The van der Waals surface area contributed by atoms with E-state index >= 15 is 0 Å². The standard InChI is InChI=1S/C9H15N3O3/c1-14-6-7-15-9(13)12-3-2-8-10-4-5-11-8/h4-5H,2-3,6-7H2,1H3,(H,10,11)(H,12,13). The SMILES string of the molecule is COCCOC(=O)NCCc1ncc[nH]1. The lowest BCUT2D eigenvalue weighted by Crippen LogP contribution is -2.27. The average molecular weight is 213 g/mol. The van der Waals surface area contributed by atoms with Crippen LogP contribution in [0, 0.1) is 0 Å². The summed E-state index contributed by atoms with van der Waals surface area (Å²) in [6.07, 6.45) is 3.64. The number of carbonyl (C=O) groups excluding carboxylic acids is 1. The smallest absolute Gasteiger partial charge is 0.407 e. The first kappa shape index (κ1) is 11.5. The number of methoxy groups -OCH3 is 1. The molecule has 0 aromatic carbocycles. The largest absolute Gasteiger partial charge is 0.447 e. The first-order chi connectivity index (χ1) is 7.33. The molecule has 0 fully saturated rings. The van der Waals surface area contributed by atoms with Gasteiger partial charge in [-0.2, -0.15) is 0 Å². The molecule has 0 aliphatic rings. The Bertz CT molecular complexity index is 274. The van der Waals surface area contributed by atoms with Crippen LogP contribution in [-0.2, 0) is 15.9 Å². The molecule has 0 saturated carbocycles. The van der Waals surface area contributed by atoms with Crippen LogP contribution >= 0.6 is 0 Å². The van der Waals surface area contributed by atoms with Crippen LogP contribution in [0.1, 0.15) is 5.82 Å². The number of rotatable bonds is 6. The summed E-state index contributed by atoms with van der Waals surface area (Å²) in [4.78, 5) is 18.0. The van der Waals surface area contributed by atoms with Gasteiger partial charge in [-0.25, -0.2) is 9.78 Å².